The maximum absolute atomic E-state index is 13.0. The Bertz CT molecular complexity index is 523. The van der Waals surface area contributed by atoms with Crippen molar-refractivity contribution in [3.63, 3.8) is 0 Å². The number of aliphatic hydroxyl groups is 1. The van der Waals surface area contributed by atoms with Crippen LogP contribution in [-0.2, 0) is 4.79 Å². The number of aliphatic carboxylic acids is 1. The van der Waals surface area contributed by atoms with Gasteiger partial charge in [0.15, 0.2) is 17.4 Å². The topological polar surface area (TPSA) is 74.6 Å². The number of ketones is 1. The molecule has 0 bridgehead atoms. The van der Waals surface area contributed by atoms with Crippen molar-refractivity contribution in [3.05, 3.63) is 47.0 Å². The predicted octanol–water partition coefficient (Wildman–Crippen LogP) is 1.81. The predicted molar refractivity (Wildman–Crippen MR) is 49.0 cm³/mol. The molecule has 4 nitrogen and oxygen atoms in total. The molecule has 7 heteroatoms. The molecule has 0 radical (unpaired) electrons. The van der Waals surface area contributed by atoms with Crippen molar-refractivity contribution in [2.75, 3.05) is 0 Å². The number of carbonyl (C=O) groups is 2. The van der Waals surface area contributed by atoms with Gasteiger partial charge >= 0.3 is 5.97 Å². The van der Waals surface area contributed by atoms with Gasteiger partial charge in [-0.25, -0.2) is 18.0 Å². The van der Waals surface area contributed by atoms with Gasteiger partial charge in [0, 0.05) is 12.1 Å². The number of rotatable bonds is 3. The summed E-state index contributed by atoms with van der Waals surface area (Å²) in [4.78, 5) is 21.4. The van der Waals surface area contributed by atoms with Crippen molar-refractivity contribution >= 4 is 11.8 Å². The van der Waals surface area contributed by atoms with Crippen molar-refractivity contribution in [2.24, 2.45) is 0 Å². The number of hydrogen-bond donors (Lipinski definition) is 2. The molecule has 0 spiro atoms. The lowest BCUT2D eigenvalue weighted by atomic mass is 10.1. The quantitative estimate of drug-likeness (QED) is 0.369. The van der Waals surface area contributed by atoms with Crippen LogP contribution in [0.1, 0.15) is 10.4 Å². The summed E-state index contributed by atoms with van der Waals surface area (Å²) in [6, 6.07) is 0.423. The average molecular weight is 246 g/mol. The summed E-state index contributed by atoms with van der Waals surface area (Å²) in [7, 11) is 0. The Hall–Kier alpha value is -2.31. The van der Waals surface area contributed by atoms with Gasteiger partial charge < -0.3 is 10.2 Å². The Morgan fingerprint density at radius 3 is 2.06 bits per heavy atom. The molecule has 0 unspecified atom stereocenters. The first-order chi connectivity index (χ1) is 7.82. The van der Waals surface area contributed by atoms with E-state index in [9.17, 15) is 22.8 Å². The molecular weight excluding hydrogens is 241 g/mol. The van der Waals surface area contributed by atoms with E-state index in [0.717, 1.165) is 0 Å². The second-order valence-electron chi connectivity index (χ2n) is 2.95. The molecule has 1 aromatic rings. The smallest absolute Gasteiger partial charge is 0.371 e. The highest BCUT2D eigenvalue weighted by Crippen LogP contribution is 2.15. The van der Waals surface area contributed by atoms with Crippen LogP contribution in [0.2, 0.25) is 0 Å². The second kappa shape index (κ2) is 4.69. The molecule has 0 aromatic heterocycles. The summed E-state index contributed by atoms with van der Waals surface area (Å²) in [5.74, 6) is -8.73. The molecule has 90 valence electrons. The van der Waals surface area contributed by atoms with E-state index in [-0.39, 0.29) is 18.2 Å². The lowest BCUT2D eigenvalue weighted by Crippen LogP contribution is -2.06. The number of benzene rings is 1. The van der Waals surface area contributed by atoms with Gasteiger partial charge in [-0.05, 0) is 6.07 Å². The Morgan fingerprint density at radius 2 is 1.53 bits per heavy atom. The fraction of sp³-hybridized carbons (Fsp3) is 0. The first kappa shape index (κ1) is 12.8. The van der Waals surface area contributed by atoms with E-state index >= 15 is 0 Å². The monoisotopic (exact) mass is 246 g/mol. The van der Waals surface area contributed by atoms with Crippen molar-refractivity contribution in [3.8, 4) is 0 Å². The molecular formula is C10H5F3O4. The Labute approximate surface area is 92.6 Å². The highest BCUT2D eigenvalue weighted by Gasteiger charge is 2.16. The molecule has 0 aliphatic carbocycles. The first-order valence-electron chi connectivity index (χ1n) is 4.15. The SMILES string of the molecule is O=C(O)/C(O)=C\C(=O)c1cc(F)c(F)cc1F. The van der Waals surface area contributed by atoms with E-state index in [2.05, 4.69) is 0 Å². The van der Waals surface area contributed by atoms with Crippen LogP contribution in [0, 0.1) is 17.5 Å². The fourth-order valence-corrected chi connectivity index (χ4v) is 0.975. The molecule has 0 amide bonds. The summed E-state index contributed by atoms with van der Waals surface area (Å²) in [6.45, 7) is 0. The van der Waals surface area contributed by atoms with Gasteiger partial charge in [-0.15, -0.1) is 0 Å². The lowest BCUT2D eigenvalue weighted by molar-refractivity contribution is -0.135. The number of aliphatic hydroxyl groups excluding tert-OH is 1. The molecule has 1 rings (SSSR count). The lowest BCUT2D eigenvalue weighted by Gasteiger charge is -2.00. The van der Waals surface area contributed by atoms with Crippen molar-refractivity contribution in [2.45, 2.75) is 0 Å². The molecule has 0 aliphatic rings. The van der Waals surface area contributed by atoms with E-state index in [4.69, 9.17) is 10.2 Å². The number of carbonyl (C=O) groups excluding carboxylic acids is 1. The summed E-state index contributed by atoms with van der Waals surface area (Å²) >= 11 is 0. The molecule has 17 heavy (non-hydrogen) atoms. The molecule has 0 saturated heterocycles. The Kier molecular flexibility index (Phi) is 3.52. The van der Waals surface area contributed by atoms with Crippen LogP contribution < -0.4 is 0 Å². The van der Waals surface area contributed by atoms with Gasteiger partial charge in [-0.1, -0.05) is 0 Å². The fourth-order valence-electron chi connectivity index (χ4n) is 0.975. The maximum Gasteiger partial charge on any atom is 0.371 e. The second-order valence-corrected chi connectivity index (χ2v) is 2.95. The molecule has 0 saturated carbocycles. The van der Waals surface area contributed by atoms with Gasteiger partial charge in [0.1, 0.15) is 5.82 Å². The molecule has 1 aromatic carbocycles. The summed E-state index contributed by atoms with van der Waals surface area (Å²) in [5, 5.41) is 17.0. The van der Waals surface area contributed by atoms with E-state index in [1.807, 2.05) is 0 Å². The minimum atomic E-state index is -1.80. The molecule has 0 fully saturated rings. The van der Waals surface area contributed by atoms with Crippen molar-refractivity contribution in [1.82, 2.24) is 0 Å². The average Bonchev–Trinajstić information content (AvgIpc) is 2.22. The Morgan fingerprint density at radius 1 is 1.00 bits per heavy atom. The van der Waals surface area contributed by atoms with Gasteiger partial charge in [0.05, 0.1) is 5.56 Å². The number of halogens is 3. The zero-order valence-electron chi connectivity index (χ0n) is 8.08. The summed E-state index contributed by atoms with van der Waals surface area (Å²) < 4.78 is 38.3. The maximum atomic E-state index is 13.0. The van der Waals surface area contributed by atoms with E-state index in [1.165, 1.54) is 0 Å². The van der Waals surface area contributed by atoms with Gasteiger partial charge in [0.25, 0.3) is 0 Å². The van der Waals surface area contributed by atoms with Crippen molar-refractivity contribution < 1.29 is 33.0 Å². The van der Waals surface area contributed by atoms with Crippen LogP contribution in [0.3, 0.4) is 0 Å². The van der Waals surface area contributed by atoms with Crippen LogP contribution in [-0.4, -0.2) is 22.0 Å². The standard InChI is InChI=1S/C10H5F3O4/c11-5-2-7(13)6(12)1-4(5)8(14)3-9(15)10(16)17/h1-3,15H,(H,16,17)/b9-3+. The molecule has 2 N–H and O–H groups in total. The minimum absolute atomic E-state index is 0.147. The van der Waals surface area contributed by atoms with Gasteiger partial charge in [-0.2, -0.15) is 0 Å². The number of carboxylic acids is 1. The van der Waals surface area contributed by atoms with Gasteiger partial charge in [-0.3, -0.25) is 4.79 Å². The first-order valence-corrected chi connectivity index (χ1v) is 4.15. The third-order valence-corrected chi connectivity index (χ3v) is 1.76. The summed E-state index contributed by atoms with van der Waals surface area (Å²) in [5.41, 5.74) is -0.878. The van der Waals surface area contributed by atoms with E-state index in [1.54, 1.807) is 0 Å². The zero-order chi connectivity index (χ0) is 13.2. The van der Waals surface area contributed by atoms with Crippen LogP contribution in [0.15, 0.2) is 24.0 Å². The Balaban J connectivity index is 3.18. The highest BCUT2D eigenvalue weighted by atomic mass is 19.2. The van der Waals surface area contributed by atoms with Gasteiger partial charge in [0.2, 0.25) is 5.76 Å². The third kappa shape index (κ3) is 2.83. The molecule has 0 atom stereocenters. The van der Waals surface area contributed by atoms with Crippen LogP contribution >= 0.6 is 0 Å². The summed E-state index contributed by atoms with van der Waals surface area (Å²) in [6.07, 6.45) is 0.193. The molecule has 0 heterocycles. The molecule has 0 aliphatic heterocycles. The van der Waals surface area contributed by atoms with Crippen LogP contribution in [0.5, 0.6) is 0 Å². The third-order valence-electron chi connectivity index (χ3n) is 1.76. The zero-order valence-corrected chi connectivity index (χ0v) is 8.08. The number of carboxylic acid groups (broad SMARTS) is 1. The largest absolute Gasteiger partial charge is 0.502 e. The van der Waals surface area contributed by atoms with E-state index < -0.39 is 40.5 Å². The minimum Gasteiger partial charge on any atom is -0.502 e. The van der Waals surface area contributed by atoms with Crippen LogP contribution in [0.4, 0.5) is 13.2 Å². The van der Waals surface area contributed by atoms with E-state index in [0.29, 0.717) is 0 Å². The highest BCUT2D eigenvalue weighted by molar-refractivity contribution is 6.07. The normalized spacial score (nSPS) is 11.4. The van der Waals surface area contributed by atoms with Crippen LogP contribution in [0.25, 0.3) is 0 Å². The number of allylic oxidation sites excluding steroid dienone is 1. The van der Waals surface area contributed by atoms with Crippen molar-refractivity contribution in [1.29, 1.82) is 0 Å². The number of hydrogen-bond acceptors (Lipinski definition) is 3.